The Morgan fingerprint density at radius 1 is 1.02 bits per heavy atom. The van der Waals surface area contributed by atoms with Crippen LogP contribution in [0, 0.1) is 25.2 Å². The lowest BCUT2D eigenvalue weighted by atomic mass is 9.84. The minimum Gasteiger partial charge on any atom is -0.507 e. The summed E-state index contributed by atoms with van der Waals surface area (Å²) >= 11 is 0. The van der Waals surface area contributed by atoms with Gasteiger partial charge in [0.2, 0.25) is 23.5 Å². The molecule has 4 amide bonds. The molecule has 2 aliphatic heterocycles. The van der Waals surface area contributed by atoms with Crippen LogP contribution in [0.3, 0.4) is 0 Å². The lowest BCUT2D eigenvalue weighted by Crippen LogP contribution is -2.59. The number of hydrogen-bond donors (Lipinski definition) is 4. The van der Waals surface area contributed by atoms with Crippen molar-refractivity contribution in [3.8, 4) is 5.75 Å². The van der Waals surface area contributed by atoms with E-state index >= 15 is 0 Å². The summed E-state index contributed by atoms with van der Waals surface area (Å²) in [6.07, 6.45) is 8.58. The molecule has 4 N–H and O–H groups in total. The molecule has 4 aliphatic rings. The van der Waals surface area contributed by atoms with Crippen LogP contribution in [0.4, 0.5) is 0 Å². The number of benzene rings is 1. The molecule has 0 unspecified atom stereocenters. The number of carbonyl (C=O) groups is 5. The number of nitrogens with one attached hydrogen (secondary N) is 3. The van der Waals surface area contributed by atoms with Crippen molar-refractivity contribution in [3.63, 3.8) is 0 Å². The SMILES string of the molecule is CCC[C@H](NC(=O)[C@@H]1C[C@]2(CC(c3cc(C)c(O)c(C)c3)=NO2)CN1C(=O)[C@@H](NC(=O)CC1CCCCC1)C(C)(C)C)C(=O)C(=O)NC1CC1. The number of amides is 4. The molecular formula is C38H55N5O7. The first-order chi connectivity index (χ1) is 23.6. The van der Waals surface area contributed by atoms with Crippen molar-refractivity contribution in [2.75, 3.05) is 6.54 Å². The molecule has 50 heavy (non-hydrogen) atoms. The van der Waals surface area contributed by atoms with Crippen molar-refractivity contribution < 1.29 is 33.9 Å². The maximum absolute atomic E-state index is 14.6. The van der Waals surface area contributed by atoms with Crippen LogP contribution in [0.2, 0.25) is 0 Å². The number of hydrogen-bond acceptors (Lipinski definition) is 8. The lowest BCUT2D eigenvalue weighted by Gasteiger charge is -2.36. The number of rotatable bonds is 12. The van der Waals surface area contributed by atoms with Gasteiger partial charge in [0.1, 0.15) is 17.8 Å². The second kappa shape index (κ2) is 15.1. The third-order valence-electron chi connectivity index (χ3n) is 10.6. The first kappa shape index (κ1) is 37.3. The van der Waals surface area contributed by atoms with Crippen molar-refractivity contribution in [1.82, 2.24) is 20.9 Å². The predicted molar refractivity (Wildman–Crippen MR) is 188 cm³/mol. The van der Waals surface area contributed by atoms with Crippen LogP contribution >= 0.6 is 0 Å². The van der Waals surface area contributed by atoms with Crippen LogP contribution in [0.25, 0.3) is 0 Å². The summed E-state index contributed by atoms with van der Waals surface area (Å²) in [5.74, 6) is -2.09. The van der Waals surface area contributed by atoms with Gasteiger partial charge in [0.05, 0.1) is 18.3 Å². The second-order valence-electron chi connectivity index (χ2n) is 16.2. The molecule has 0 aromatic heterocycles. The standard InChI is InChI=1S/C38H55N5O7/c1-7-11-27(32(46)35(48)39-26-14-15-26)40-34(47)29-20-38(19-28(42-50-38)25-16-22(2)31(45)23(3)17-25)21-43(29)36(49)33(37(4,5)6)41-30(44)18-24-12-9-8-10-13-24/h16-17,24,26-27,29,33,45H,7-15,18-21H2,1-6H3,(H,39,48)(H,40,47)(H,41,44)/t27-,29-,33+,38+/m0/s1. The molecule has 5 rings (SSSR count). The summed E-state index contributed by atoms with van der Waals surface area (Å²) in [7, 11) is 0. The highest BCUT2D eigenvalue weighted by Crippen LogP contribution is 2.41. The largest absolute Gasteiger partial charge is 0.507 e. The highest BCUT2D eigenvalue weighted by atomic mass is 16.7. The average Bonchev–Trinajstić information content (AvgIpc) is 3.66. The highest BCUT2D eigenvalue weighted by molar-refractivity contribution is 6.38. The van der Waals surface area contributed by atoms with Crippen molar-refractivity contribution in [2.45, 2.75) is 148 Å². The van der Waals surface area contributed by atoms with Gasteiger partial charge in [-0.25, -0.2) is 0 Å². The fraction of sp³-hybridized carbons (Fsp3) is 0.684. The topological polar surface area (TPSA) is 166 Å². The van der Waals surface area contributed by atoms with Crippen LogP contribution in [-0.4, -0.2) is 81.4 Å². The predicted octanol–water partition coefficient (Wildman–Crippen LogP) is 4.11. The Morgan fingerprint density at radius 3 is 2.28 bits per heavy atom. The maximum atomic E-state index is 14.6. The number of aromatic hydroxyl groups is 1. The van der Waals surface area contributed by atoms with Crippen molar-refractivity contribution in [1.29, 1.82) is 0 Å². The maximum Gasteiger partial charge on any atom is 0.289 e. The van der Waals surface area contributed by atoms with E-state index in [4.69, 9.17) is 4.84 Å². The quantitative estimate of drug-likeness (QED) is 0.239. The number of carbonyl (C=O) groups excluding carboxylic acids is 5. The third kappa shape index (κ3) is 8.66. The zero-order valence-corrected chi connectivity index (χ0v) is 30.5. The number of oxime groups is 1. The van der Waals surface area contributed by atoms with E-state index in [2.05, 4.69) is 21.1 Å². The second-order valence-corrected chi connectivity index (χ2v) is 16.2. The number of Topliss-reactive ketones (excluding diaryl/α,β-unsaturated/α-hetero) is 1. The number of ketones is 1. The van der Waals surface area contributed by atoms with E-state index in [9.17, 15) is 29.1 Å². The number of likely N-dealkylation sites (tertiary alicyclic amines) is 1. The number of phenols is 1. The average molecular weight is 694 g/mol. The molecule has 1 spiro atoms. The van der Waals surface area contributed by atoms with Gasteiger partial charge in [-0.1, -0.05) is 58.5 Å². The summed E-state index contributed by atoms with van der Waals surface area (Å²) in [4.78, 5) is 75.7. The molecule has 0 radical (unpaired) electrons. The van der Waals surface area contributed by atoms with E-state index in [1.54, 1.807) is 0 Å². The van der Waals surface area contributed by atoms with Gasteiger partial charge >= 0.3 is 0 Å². The Balaban J connectivity index is 1.40. The first-order valence-corrected chi connectivity index (χ1v) is 18.4. The zero-order valence-electron chi connectivity index (χ0n) is 30.5. The van der Waals surface area contributed by atoms with Gasteiger partial charge in [-0.05, 0) is 80.5 Å². The molecule has 2 heterocycles. The van der Waals surface area contributed by atoms with E-state index in [1.807, 2.05) is 53.7 Å². The van der Waals surface area contributed by atoms with Crippen molar-refractivity contribution in [3.05, 3.63) is 28.8 Å². The van der Waals surface area contributed by atoms with Crippen molar-refractivity contribution in [2.24, 2.45) is 16.5 Å². The number of nitrogens with zero attached hydrogens (tertiary/aromatic N) is 2. The molecule has 2 saturated carbocycles. The lowest BCUT2D eigenvalue weighted by molar-refractivity contribution is -0.145. The molecule has 1 aromatic carbocycles. The fourth-order valence-corrected chi connectivity index (χ4v) is 7.56. The monoisotopic (exact) mass is 693 g/mol. The molecule has 12 nitrogen and oxygen atoms in total. The van der Waals surface area contributed by atoms with E-state index in [0.29, 0.717) is 36.1 Å². The van der Waals surface area contributed by atoms with Gasteiger partial charge < -0.3 is 30.8 Å². The van der Waals surface area contributed by atoms with Gasteiger partial charge in [-0.2, -0.15) is 0 Å². The Morgan fingerprint density at radius 2 is 1.68 bits per heavy atom. The first-order valence-electron chi connectivity index (χ1n) is 18.4. The molecule has 274 valence electrons. The van der Waals surface area contributed by atoms with E-state index in [-0.39, 0.29) is 43.0 Å². The Bertz CT molecular complexity index is 1500. The summed E-state index contributed by atoms with van der Waals surface area (Å²) in [5, 5.41) is 23.3. The van der Waals surface area contributed by atoms with Gasteiger partial charge in [-0.3, -0.25) is 24.0 Å². The van der Waals surface area contributed by atoms with Crippen LogP contribution < -0.4 is 16.0 Å². The molecule has 12 heteroatoms. The number of phenolic OH excluding ortho intramolecular Hbond substituents is 1. The Hall–Kier alpha value is -3.96. The van der Waals surface area contributed by atoms with Crippen molar-refractivity contribution >= 4 is 35.1 Å². The Kier molecular flexibility index (Phi) is 11.3. The summed E-state index contributed by atoms with van der Waals surface area (Å²) in [6.45, 7) is 11.2. The van der Waals surface area contributed by atoms with Gasteiger partial charge in [0.25, 0.3) is 5.91 Å². The Labute approximate surface area is 295 Å². The summed E-state index contributed by atoms with van der Waals surface area (Å²) in [5.41, 5.74) is 1.08. The minimum absolute atomic E-state index is 0.00949. The normalized spacial score (nSPS) is 23.5. The minimum atomic E-state index is -1.05. The molecule has 3 fully saturated rings. The summed E-state index contributed by atoms with van der Waals surface area (Å²) in [6, 6.07) is 0.634. The summed E-state index contributed by atoms with van der Waals surface area (Å²) < 4.78 is 0. The van der Waals surface area contributed by atoms with Crippen LogP contribution in [0.1, 0.15) is 121 Å². The molecule has 0 bridgehead atoms. The highest BCUT2D eigenvalue weighted by Gasteiger charge is 2.55. The number of aryl methyl sites for hydroxylation is 2. The zero-order chi connectivity index (χ0) is 36.4. The third-order valence-corrected chi connectivity index (χ3v) is 10.6. The molecule has 2 aliphatic carbocycles. The van der Waals surface area contributed by atoms with E-state index in [1.165, 1.54) is 11.3 Å². The van der Waals surface area contributed by atoms with Crippen LogP contribution in [-0.2, 0) is 28.8 Å². The van der Waals surface area contributed by atoms with Crippen LogP contribution in [0.15, 0.2) is 17.3 Å². The molecular weight excluding hydrogens is 638 g/mol. The fourth-order valence-electron chi connectivity index (χ4n) is 7.56. The molecule has 1 saturated heterocycles. The van der Waals surface area contributed by atoms with Gasteiger partial charge in [-0.15, -0.1) is 0 Å². The smallest absolute Gasteiger partial charge is 0.289 e. The molecule has 4 atom stereocenters. The molecule has 1 aromatic rings. The van der Waals surface area contributed by atoms with Crippen LogP contribution in [0.5, 0.6) is 5.75 Å². The van der Waals surface area contributed by atoms with Gasteiger partial charge in [0, 0.05) is 30.9 Å². The van der Waals surface area contributed by atoms with Gasteiger partial charge in [0.15, 0.2) is 5.60 Å². The van der Waals surface area contributed by atoms with E-state index < -0.39 is 52.6 Å². The van der Waals surface area contributed by atoms with E-state index in [0.717, 1.165) is 44.1 Å².